The van der Waals surface area contributed by atoms with Gasteiger partial charge in [-0.1, -0.05) is 55.8 Å². The molecule has 194 valence electrons. The number of carbonyl (C=O) groups excluding carboxylic acids is 2. The molecule has 1 aliphatic rings. The summed E-state index contributed by atoms with van der Waals surface area (Å²) in [6.45, 7) is 4.59. The molecule has 2 unspecified atom stereocenters. The van der Waals surface area contributed by atoms with Gasteiger partial charge in [0, 0.05) is 30.5 Å². The Morgan fingerprint density at radius 1 is 1.11 bits per heavy atom. The van der Waals surface area contributed by atoms with E-state index in [4.69, 9.17) is 0 Å². The van der Waals surface area contributed by atoms with Gasteiger partial charge in [-0.25, -0.2) is 0 Å². The summed E-state index contributed by atoms with van der Waals surface area (Å²) in [5.41, 5.74) is 6.03. The number of aliphatic hydroxyl groups excluding tert-OH is 1. The number of carbonyl (C=O) groups is 2. The lowest BCUT2D eigenvalue weighted by Gasteiger charge is -2.38. The zero-order valence-electron chi connectivity index (χ0n) is 21.8. The summed E-state index contributed by atoms with van der Waals surface area (Å²) < 4.78 is 0. The van der Waals surface area contributed by atoms with Crippen molar-refractivity contribution in [2.24, 2.45) is 0 Å². The number of piperazine rings is 1. The largest absolute Gasteiger partial charge is 0.392 e. The second-order valence-electron chi connectivity index (χ2n) is 9.61. The molecule has 0 aromatic heterocycles. The molecule has 7 heteroatoms. The van der Waals surface area contributed by atoms with Gasteiger partial charge in [0.05, 0.1) is 12.6 Å². The fraction of sp³-hybridized carbons (Fsp3) is 0.333. The molecular weight excluding hydrogens is 464 g/mol. The van der Waals surface area contributed by atoms with E-state index >= 15 is 0 Å². The number of hydrogen-bond donors (Lipinski definition) is 4. The van der Waals surface area contributed by atoms with Crippen molar-refractivity contribution in [2.75, 3.05) is 24.2 Å². The third-order valence-corrected chi connectivity index (χ3v) is 6.93. The van der Waals surface area contributed by atoms with Gasteiger partial charge in [-0.05, 0) is 66.3 Å². The predicted octanol–water partition coefficient (Wildman–Crippen LogP) is 4.62. The lowest BCUT2D eigenvalue weighted by atomic mass is 9.96. The molecule has 4 rings (SSSR count). The second-order valence-corrected chi connectivity index (χ2v) is 9.61. The van der Waals surface area contributed by atoms with Crippen LogP contribution < -0.4 is 16.0 Å². The highest BCUT2D eigenvalue weighted by Gasteiger charge is 2.33. The van der Waals surface area contributed by atoms with Gasteiger partial charge in [0.15, 0.2) is 6.17 Å². The highest BCUT2D eigenvalue weighted by atomic mass is 16.3. The van der Waals surface area contributed by atoms with Crippen molar-refractivity contribution in [2.45, 2.75) is 51.9 Å². The van der Waals surface area contributed by atoms with Crippen molar-refractivity contribution >= 4 is 23.2 Å². The van der Waals surface area contributed by atoms with E-state index in [0.29, 0.717) is 12.1 Å². The van der Waals surface area contributed by atoms with Crippen LogP contribution >= 0.6 is 0 Å². The van der Waals surface area contributed by atoms with Crippen LogP contribution in [0.25, 0.3) is 0 Å². The average molecular weight is 501 g/mol. The molecule has 1 heterocycles. The lowest BCUT2D eigenvalue weighted by Crippen LogP contribution is -2.58. The number of amides is 2. The summed E-state index contributed by atoms with van der Waals surface area (Å²) in [4.78, 5) is 27.9. The Bertz CT molecular complexity index is 1260. The number of unbranched alkanes of at least 4 members (excludes halogenated alkanes) is 1. The molecule has 1 aliphatic heterocycles. The zero-order chi connectivity index (χ0) is 26.4. The molecule has 3 aromatic carbocycles. The van der Waals surface area contributed by atoms with E-state index < -0.39 is 6.17 Å². The minimum atomic E-state index is -0.624. The van der Waals surface area contributed by atoms with Gasteiger partial charge in [0.1, 0.15) is 0 Å². The quantitative estimate of drug-likeness (QED) is 0.344. The SMILES string of the molecule is CCCCc1ccccc1C(=O)Nc1cccc(C2CN(C)C(=O)C(Nc3cccc(CO)c3)N2)c1C. The summed E-state index contributed by atoms with van der Waals surface area (Å²) in [7, 11) is 1.79. The summed E-state index contributed by atoms with van der Waals surface area (Å²) in [5.74, 6) is -0.171. The number of rotatable bonds is 9. The number of nitrogens with zero attached hydrogens (tertiary/aromatic N) is 1. The molecule has 7 nitrogen and oxygen atoms in total. The zero-order valence-corrected chi connectivity index (χ0v) is 21.8. The first kappa shape index (κ1) is 26.4. The molecule has 37 heavy (non-hydrogen) atoms. The Hall–Kier alpha value is -3.68. The van der Waals surface area contributed by atoms with E-state index in [1.54, 1.807) is 11.9 Å². The molecule has 4 N–H and O–H groups in total. The van der Waals surface area contributed by atoms with Crippen LogP contribution in [0.3, 0.4) is 0 Å². The second kappa shape index (κ2) is 12.0. The minimum absolute atomic E-state index is 0.0588. The number of aliphatic hydroxyl groups is 1. The normalized spacial score (nSPS) is 17.5. The Kier molecular flexibility index (Phi) is 8.58. The predicted molar refractivity (Wildman–Crippen MR) is 147 cm³/mol. The highest BCUT2D eigenvalue weighted by Crippen LogP contribution is 2.28. The molecular formula is C30H36N4O3. The van der Waals surface area contributed by atoms with Crippen LogP contribution in [-0.2, 0) is 17.8 Å². The highest BCUT2D eigenvalue weighted by molar-refractivity contribution is 6.05. The topological polar surface area (TPSA) is 93.7 Å². The number of aryl methyl sites for hydroxylation is 1. The van der Waals surface area contributed by atoms with Gasteiger partial charge < -0.3 is 20.6 Å². The van der Waals surface area contributed by atoms with Crippen LogP contribution in [0.4, 0.5) is 11.4 Å². The Balaban J connectivity index is 1.54. The number of benzene rings is 3. The van der Waals surface area contributed by atoms with E-state index in [1.807, 2.05) is 73.7 Å². The van der Waals surface area contributed by atoms with E-state index in [9.17, 15) is 14.7 Å². The summed E-state index contributed by atoms with van der Waals surface area (Å²) in [6.07, 6.45) is 2.37. The van der Waals surface area contributed by atoms with Gasteiger partial charge in [-0.15, -0.1) is 0 Å². The third-order valence-electron chi connectivity index (χ3n) is 6.93. The summed E-state index contributed by atoms with van der Waals surface area (Å²) >= 11 is 0. The summed E-state index contributed by atoms with van der Waals surface area (Å²) in [6, 6.07) is 20.9. The van der Waals surface area contributed by atoms with E-state index in [2.05, 4.69) is 22.9 Å². The molecule has 2 atom stereocenters. The van der Waals surface area contributed by atoms with Crippen LogP contribution in [0.1, 0.15) is 58.4 Å². The molecule has 0 radical (unpaired) electrons. The maximum absolute atomic E-state index is 13.2. The van der Waals surface area contributed by atoms with Crippen LogP contribution in [0.15, 0.2) is 66.7 Å². The number of nitrogens with one attached hydrogen (secondary N) is 3. The first-order valence-electron chi connectivity index (χ1n) is 12.9. The van der Waals surface area contributed by atoms with Crippen molar-refractivity contribution in [1.29, 1.82) is 0 Å². The average Bonchev–Trinajstić information content (AvgIpc) is 2.91. The van der Waals surface area contributed by atoms with Gasteiger partial charge in [-0.3, -0.25) is 14.9 Å². The van der Waals surface area contributed by atoms with Gasteiger partial charge in [-0.2, -0.15) is 0 Å². The first-order chi connectivity index (χ1) is 17.9. The smallest absolute Gasteiger partial charge is 0.259 e. The van der Waals surface area contributed by atoms with Crippen molar-refractivity contribution in [1.82, 2.24) is 10.2 Å². The molecule has 2 amide bonds. The molecule has 3 aromatic rings. The van der Waals surface area contributed by atoms with Crippen molar-refractivity contribution < 1.29 is 14.7 Å². The van der Waals surface area contributed by atoms with E-state index in [-0.39, 0.29) is 24.5 Å². The Morgan fingerprint density at radius 3 is 2.68 bits per heavy atom. The van der Waals surface area contributed by atoms with Gasteiger partial charge >= 0.3 is 0 Å². The van der Waals surface area contributed by atoms with Crippen LogP contribution in [0, 0.1) is 6.92 Å². The van der Waals surface area contributed by atoms with Crippen molar-refractivity contribution in [3.63, 3.8) is 0 Å². The maximum Gasteiger partial charge on any atom is 0.259 e. The van der Waals surface area contributed by atoms with Crippen molar-refractivity contribution in [3.05, 3.63) is 94.5 Å². The Labute approximate surface area is 218 Å². The number of likely N-dealkylation sites (N-methyl/N-ethyl adjacent to an activating group) is 1. The molecule has 0 saturated carbocycles. The lowest BCUT2D eigenvalue weighted by molar-refractivity contribution is -0.134. The summed E-state index contributed by atoms with van der Waals surface area (Å²) in [5, 5.41) is 19.3. The maximum atomic E-state index is 13.2. The molecule has 0 spiro atoms. The molecule has 1 saturated heterocycles. The number of hydrogen-bond acceptors (Lipinski definition) is 5. The van der Waals surface area contributed by atoms with Crippen LogP contribution in [0.5, 0.6) is 0 Å². The van der Waals surface area contributed by atoms with Crippen LogP contribution in [-0.4, -0.2) is 41.6 Å². The minimum Gasteiger partial charge on any atom is -0.392 e. The fourth-order valence-corrected chi connectivity index (χ4v) is 4.81. The van der Waals surface area contributed by atoms with Crippen LogP contribution in [0.2, 0.25) is 0 Å². The van der Waals surface area contributed by atoms with Crippen molar-refractivity contribution in [3.8, 4) is 0 Å². The molecule has 0 bridgehead atoms. The number of anilines is 2. The first-order valence-corrected chi connectivity index (χ1v) is 12.9. The van der Waals surface area contributed by atoms with Gasteiger partial charge in [0.25, 0.3) is 11.8 Å². The monoisotopic (exact) mass is 500 g/mol. The Morgan fingerprint density at radius 2 is 1.89 bits per heavy atom. The van der Waals surface area contributed by atoms with Gasteiger partial charge in [0.2, 0.25) is 0 Å². The molecule has 0 aliphatic carbocycles. The standard InChI is InChI=1S/C30H36N4O3/c1-4-5-11-22-12-6-7-14-25(22)29(36)33-26-16-9-15-24(20(26)2)27-18-34(3)30(37)28(32-27)31-23-13-8-10-21(17-23)19-35/h6-10,12-17,27-28,31-32,35H,4-5,11,18-19H2,1-3H3,(H,33,36). The fourth-order valence-electron chi connectivity index (χ4n) is 4.81. The molecule has 1 fully saturated rings. The van der Waals surface area contributed by atoms with E-state index in [1.165, 1.54) is 0 Å². The van der Waals surface area contributed by atoms with E-state index in [0.717, 1.165) is 52.9 Å². The third kappa shape index (κ3) is 6.18.